The number of hydrogen-bond donors (Lipinski definition) is 2. The number of hydrogen-bond acceptors (Lipinski definition) is 5. The average molecular weight is 454 g/mol. The highest BCUT2D eigenvalue weighted by atomic mass is 16.3. The molecular formula is C26H23N5O3. The lowest BCUT2D eigenvalue weighted by Crippen LogP contribution is -2.20. The van der Waals surface area contributed by atoms with Crippen LogP contribution in [0.3, 0.4) is 0 Å². The molecule has 2 N–H and O–H groups in total. The maximum Gasteiger partial charge on any atom is 0.252 e. The van der Waals surface area contributed by atoms with Crippen LogP contribution in [-0.2, 0) is 17.6 Å². The molecule has 0 atom stereocenters. The third kappa shape index (κ3) is 4.38. The summed E-state index contributed by atoms with van der Waals surface area (Å²) < 4.78 is 6.91. The van der Waals surface area contributed by atoms with Gasteiger partial charge in [-0.1, -0.05) is 55.8 Å². The minimum absolute atomic E-state index is 0.183. The maximum atomic E-state index is 13.1. The summed E-state index contributed by atoms with van der Waals surface area (Å²) >= 11 is 0. The number of rotatable bonds is 7. The summed E-state index contributed by atoms with van der Waals surface area (Å²) in [5.41, 5.74) is 1.80. The van der Waals surface area contributed by atoms with Gasteiger partial charge in [0.15, 0.2) is 5.76 Å². The lowest BCUT2D eigenvalue weighted by molar-refractivity contribution is -0.115. The molecule has 8 nitrogen and oxygen atoms in total. The largest absolute Gasteiger partial charge is 0.463 e. The van der Waals surface area contributed by atoms with Gasteiger partial charge >= 0.3 is 0 Å². The van der Waals surface area contributed by atoms with Crippen LogP contribution in [0.4, 0.5) is 5.82 Å². The Morgan fingerprint density at radius 1 is 1.09 bits per heavy atom. The normalized spacial score (nSPS) is 11.1. The van der Waals surface area contributed by atoms with Gasteiger partial charge in [-0.05, 0) is 34.9 Å². The summed E-state index contributed by atoms with van der Waals surface area (Å²) in [6.07, 6.45) is 3.24. The van der Waals surface area contributed by atoms with Crippen LogP contribution >= 0.6 is 0 Å². The van der Waals surface area contributed by atoms with Crippen molar-refractivity contribution in [3.63, 3.8) is 0 Å². The van der Waals surface area contributed by atoms with E-state index in [0.29, 0.717) is 29.4 Å². The molecule has 5 rings (SSSR count). The number of aromatic amines is 1. The fourth-order valence-corrected chi connectivity index (χ4v) is 3.96. The molecule has 0 fully saturated rings. The van der Waals surface area contributed by atoms with Crippen LogP contribution in [0.5, 0.6) is 0 Å². The number of carbonyl (C=O) groups excluding carboxylic acids is 1. The van der Waals surface area contributed by atoms with Gasteiger partial charge in [-0.2, -0.15) is 9.78 Å². The number of nitrogens with one attached hydrogen (secondary N) is 2. The van der Waals surface area contributed by atoms with E-state index in [-0.39, 0.29) is 23.8 Å². The predicted molar refractivity (Wildman–Crippen MR) is 130 cm³/mol. The van der Waals surface area contributed by atoms with E-state index in [0.717, 1.165) is 22.8 Å². The zero-order valence-corrected chi connectivity index (χ0v) is 18.6. The number of fused-ring (bicyclic) bond motifs is 1. The van der Waals surface area contributed by atoms with Gasteiger partial charge < -0.3 is 9.73 Å². The molecule has 0 aliphatic heterocycles. The molecule has 2 aromatic carbocycles. The van der Waals surface area contributed by atoms with Crippen molar-refractivity contribution in [3.05, 3.63) is 94.6 Å². The number of anilines is 1. The van der Waals surface area contributed by atoms with Crippen LogP contribution in [0, 0.1) is 0 Å². The number of furan rings is 1. The zero-order valence-electron chi connectivity index (χ0n) is 18.6. The lowest BCUT2D eigenvalue weighted by atomic mass is 10.0. The molecule has 8 heteroatoms. The highest BCUT2D eigenvalue weighted by molar-refractivity contribution is 5.96. The van der Waals surface area contributed by atoms with Gasteiger partial charge in [0.05, 0.1) is 12.7 Å². The van der Waals surface area contributed by atoms with Crippen LogP contribution < -0.4 is 10.9 Å². The molecule has 3 heterocycles. The Morgan fingerprint density at radius 2 is 1.94 bits per heavy atom. The molecule has 0 saturated heterocycles. The first-order valence-electron chi connectivity index (χ1n) is 11.1. The monoisotopic (exact) mass is 453 g/mol. The van der Waals surface area contributed by atoms with Crippen molar-refractivity contribution >= 4 is 22.5 Å². The molecule has 0 spiro atoms. The Kier molecular flexibility index (Phi) is 5.78. The first kappa shape index (κ1) is 21.4. The highest BCUT2D eigenvalue weighted by Crippen LogP contribution is 2.25. The Labute approximate surface area is 195 Å². The van der Waals surface area contributed by atoms with E-state index in [2.05, 4.69) is 20.4 Å². The van der Waals surface area contributed by atoms with E-state index in [1.165, 1.54) is 10.7 Å². The molecule has 0 unspecified atom stereocenters. The molecule has 0 saturated carbocycles. The maximum absolute atomic E-state index is 13.1. The lowest BCUT2D eigenvalue weighted by Gasteiger charge is -2.10. The third-order valence-electron chi connectivity index (χ3n) is 5.47. The fraction of sp³-hybridized carbons (Fsp3) is 0.154. The van der Waals surface area contributed by atoms with Crippen LogP contribution in [0.1, 0.15) is 24.6 Å². The topological polar surface area (TPSA) is 106 Å². The minimum Gasteiger partial charge on any atom is -0.463 e. The molecule has 1 amide bonds. The smallest absolute Gasteiger partial charge is 0.252 e. The van der Waals surface area contributed by atoms with Crippen LogP contribution in [0.15, 0.2) is 82.2 Å². The van der Waals surface area contributed by atoms with Gasteiger partial charge in [-0.25, -0.2) is 4.98 Å². The molecule has 34 heavy (non-hydrogen) atoms. The van der Waals surface area contributed by atoms with E-state index in [4.69, 9.17) is 4.42 Å². The van der Waals surface area contributed by atoms with Gasteiger partial charge in [-0.3, -0.25) is 14.6 Å². The average Bonchev–Trinajstić information content (AvgIpc) is 3.49. The van der Waals surface area contributed by atoms with Crippen molar-refractivity contribution in [2.45, 2.75) is 26.2 Å². The summed E-state index contributed by atoms with van der Waals surface area (Å²) in [6, 6.07) is 20.6. The summed E-state index contributed by atoms with van der Waals surface area (Å²) in [5.74, 6) is 0.938. The zero-order chi connectivity index (χ0) is 23.5. The fourth-order valence-electron chi connectivity index (χ4n) is 3.96. The molecule has 5 aromatic rings. The van der Waals surface area contributed by atoms with Crippen molar-refractivity contribution in [1.29, 1.82) is 0 Å². The Morgan fingerprint density at radius 3 is 2.76 bits per heavy atom. The number of amides is 1. The summed E-state index contributed by atoms with van der Waals surface area (Å²) in [5, 5.41) is 9.59. The third-order valence-corrected chi connectivity index (χ3v) is 5.47. The number of nitrogens with zero attached hydrogens (tertiary/aromatic N) is 3. The predicted octanol–water partition coefficient (Wildman–Crippen LogP) is 4.50. The second-order valence-corrected chi connectivity index (χ2v) is 7.98. The highest BCUT2D eigenvalue weighted by Gasteiger charge is 2.18. The SMILES string of the molecule is CCCc1cc(=O)[nH]c(-n2nc(-c3ccco3)cc2NC(=O)Cc2cccc3ccccc23)n1. The number of aromatic nitrogens is 4. The second kappa shape index (κ2) is 9.19. The van der Waals surface area contributed by atoms with Gasteiger partial charge in [0.2, 0.25) is 11.9 Å². The summed E-state index contributed by atoms with van der Waals surface area (Å²) in [7, 11) is 0. The van der Waals surface area contributed by atoms with Crippen LogP contribution in [0.25, 0.3) is 28.2 Å². The number of aryl methyl sites for hydroxylation is 1. The number of benzene rings is 2. The second-order valence-electron chi connectivity index (χ2n) is 7.98. The Hall–Kier alpha value is -4.46. The Balaban J connectivity index is 1.50. The quantitative estimate of drug-likeness (QED) is 0.377. The van der Waals surface area contributed by atoms with E-state index in [9.17, 15) is 9.59 Å². The molecule has 0 radical (unpaired) electrons. The van der Waals surface area contributed by atoms with E-state index in [1.807, 2.05) is 49.4 Å². The molecule has 0 aliphatic rings. The Bertz CT molecular complexity index is 1510. The van der Waals surface area contributed by atoms with Gasteiger partial charge in [-0.15, -0.1) is 0 Å². The molecule has 170 valence electrons. The van der Waals surface area contributed by atoms with Crippen LogP contribution in [-0.4, -0.2) is 25.7 Å². The number of carbonyl (C=O) groups is 1. The number of H-pyrrole nitrogens is 1. The van der Waals surface area contributed by atoms with E-state index >= 15 is 0 Å². The van der Waals surface area contributed by atoms with E-state index < -0.39 is 0 Å². The molecule has 0 aliphatic carbocycles. The van der Waals surface area contributed by atoms with Crippen molar-refractivity contribution < 1.29 is 9.21 Å². The van der Waals surface area contributed by atoms with Gasteiger partial charge in [0.25, 0.3) is 5.56 Å². The standard InChI is InChI=1S/C26H23N5O3/c1-2-7-19-15-25(33)29-26(27-19)31-23(16-21(30-31)22-12-6-13-34-22)28-24(32)14-18-10-5-9-17-8-3-4-11-20(17)18/h3-6,8-13,15-16H,2,7,14H2,1H3,(H,28,32)(H,27,29,33). The molecular weight excluding hydrogens is 430 g/mol. The first-order chi connectivity index (χ1) is 16.6. The first-order valence-corrected chi connectivity index (χ1v) is 11.1. The summed E-state index contributed by atoms with van der Waals surface area (Å²) in [4.78, 5) is 32.6. The van der Waals surface area contributed by atoms with Gasteiger partial charge in [0, 0.05) is 17.8 Å². The van der Waals surface area contributed by atoms with Gasteiger partial charge in [0.1, 0.15) is 11.5 Å². The van der Waals surface area contributed by atoms with Crippen molar-refractivity contribution in [1.82, 2.24) is 19.7 Å². The molecule has 0 bridgehead atoms. The summed E-state index contributed by atoms with van der Waals surface area (Å²) in [6.45, 7) is 2.02. The van der Waals surface area contributed by atoms with Crippen molar-refractivity contribution in [3.8, 4) is 17.4 Å². The van der Waals surface area contributed by atoms with E-state index in [1.54, 1.807) is 24.5 Å². The molecule has 3 aromatic heterocycles. The van der Waals surface area contributed by atoms with Crippen LogP contribution in [0.2, 0.25) is 0 Å². The minimum atomic E-state index is -0.281. The van der Waals surface area contributed by atoms with Crippen molar-refractivity contribution in [2.24, 2.45) is 0 Å². The van der Waals surface area contributed by atoms with Crippen molar-refractivity contribution in [2.75, 3.05) is 5.32 Å².